The Balaban J connectivity index is 2.05. The highest BCUT2D eigenvalue weighted by molar-refractivity contribution is 6.09. The normalized spacial score (nSPS) is 19.0. The number of Topliss-reactive ketones (excluding diaryl/α,β-unsaturated/α-hetero) is 1. The first-order valence-corrected chi connectivity index (χ1v) is 8.80. The molecule has 2 atom stereocenters. The van der Waals surface area contributed by atoms with Crippen LogP contribution in [0.4, 0.5) is 0 Å². The fraction of sp³-hybridized carbons (Fsp3) is 0.318. The fourth-order valence-electron chi connectivity index (χ4n) is 3.84. The third kappa shape index (κ3) is 3.07. The molecular formula is C22H22O4. The van der Waals surface area contributed by atoms with Crippen LogP contribution >= 0.6 is 0 Å². The number of carbonyl (C=O) groups is 3. The second-order valence-corrected chi connectivity index (χ2v) is 6.88. The summed E-state index contributed by atoms with van der Waals surface area (Å²) in [6.45, 7) is 1.75. The van der Waals surface area contributed by atoms with Crippen LogP contribution in [0, 0.1) is 5.92 Å². The van der Waals surface area contributed by atoms with Crippen LogP contribution in [0.25, 0.3) is 0 Å². The molecule has 0 radical (unpaired) electrons. The summed E-state index contributed by atoms with van der Waals surface area (Å²) < 4.78 is 5.04. The van der Waals surface area contributed by atoms with Crippen molar-refractivity contribution in [2.75, 3.05) is 7.11 Å². The van der Waals surface area contributed by atoms with Gasteiger partial charge in [-0.2, -0.15) is 0 Å². The van der Waals surface area contributed by atoms with Crippen LogP contribution in [0.3, 0.4) is 0 Å². The molecule has 1 aliphatic carbocycles. The number of hydrogen-bond acceptors (Lipinski definition) is 4. The van der Waals surface area contributed by atoms with Crippen molar-refractivity contribution in [3.05, 3.63) is 71.3 Å². The van der Waals surface area contributed by atoms with Gasteiger partial charge in [-0.05, 0) is 31.4 Å². The van der Waals surface area contributed by atoms with Crippen LogP contribution in [-0.2, 0) is 19.7 Å². The van der Waals surface area contributed by atoms with E-state index >= 15 is 0 Å². The van der Waals surface area contributed by atoms with Gasteiger partial charge in [0.1, 0.15) is 5.78 Å². The molecular weight excluding hydrogens is 328 g/mol. The molecule has 1 fully saturated rings. The predicted octanol–water partition coefficient (Wildman–Crippen LogP) is 3.72. The van der Waals surface area contributed by atoms with Gasteiger partial charge in [0.15, 0.2) is 5.78 Å². The van der Waals surface area contributed by atoms with Crippen molar-refractivity contribution in [2.45, 2.75) is 31.6 Å². The van der Waals surface area contributed by atoms with Gasteiger partial charge in [0.25, 0.3) is 0 Å². The molecule has 2 aromatic carbocycles. The van der Waals surface area contributed by atoms with Gasteiger partial charge in [-0.3, -0.25) is 14.4 Å². The quantitative estimate of drug-likeness (QED) is 0.609. The molecule has 2 unspecified atom stereocenters. The third-order valence-corrected chi connectivity index (χ3v) is 5.37. The van der Waals surface area contributed by atoms with Crippen LogP contribution in [0.15, 0.2) is 54.6 Å². The summed E-state index contributed by atoms with van der Waals surface area (Å²) in [6, 6.07) is 16.0. The predicted molar refractivity (Wildman–Crippen MR) is 98.0 cm³/mol. The summed E-state index contributed by atoms with van der Waals surface area (Å²) >= 11 is 0. The molecule has 0 N–H and O–H groups in total. The molecule has 0 aliphatic heterocycles. The van der Waals surface area contributed by atoms with Crippen molar-refractivity contribution in [2.24, 2.45) is 5.92 Å². The third-order valence-electron chi connectivity index (χ3n) is 5.37. The number of carbonyl (C=O) groups excluding carboxylic acids is 3. The molecule has 134 valence electrons. The highest BCUT2D eigenvalue weighted by Gasteiger charge is 2.49. The molecule has 1 aliphatic rings. The topological polar surface area (TPSA) is 60.4 Å². The van der Waals surface area contributed by atoms with Gasteiger partial charge >= 0.3 is 5.97 Å². The molecule has 4 nitrogen and oxygen atoms in total. The smallest absolute Gasteiger partial charge is 0.316 e. The van der Waals surface area contributed by atoms with Gasteiger partial charge in [-0.1, -0.05) is 48.5 Å². The lowest BCUT2D eigenvalue weighted by Gasteiger charge is -2.32. The van der Waals surface area contributed by atoms with Crippen molar-refractivity contribution in [1.29, 1.82) is 0 Å². The van der Waals surface area contributed by atoms with E-state index in [4.69, 9.17) is 4.74 Å². The molecule has 0 saturated heterocycles. The summed E-state index contributed by atoms with van der Waals surface area (Å²) in [5.41, 5.74) is 0.636. The molecule has 0 spiro atoms. The Morgan fingerprint density at radius 2 is 1.73 bits per heavy atom. The number of benzene rings is 2. The summed E-state index contributed by atoms with van der Waals surface area (Å²) in [4.78, 5) is 37.8. The Morgan fingerprint density at radius 1 is 1.04 bits per heavy atom. The maximum absolute atomic E-state index is 12.8. The van der Waals surface area contributed by atoms with E-state index < -0.39 is 17.3 Å². The molecule has 26 heavy (non-hydrogen) atoms. The second-order valence-electron chi connectivity index (χ2n) is 6.88. The van der Waals surface area contributed by atoms with E-state index in [2.05, 4.69) is 0 Å². The van der Waals surface area contributed by atoms with E-state index in [1.807, 2.05) is 18.2 Å². The lowest BCUT2D eigenvalue weighted by Crippen LogP contribution is -2.43. The maximum atomic E-state index is 12.8. The summed E-state index contributed by atoms with van der Waals surface area (Å²) in [7, 11) is 1.33. The van der Waals surface area contributed by atoms with E-state index in [-0.39, 0.29) is 11.6 Å². The highest BCUT2D eigenvalue weighted by Crippen LogP contribution is 2.41. The van der Waals surface area contributed by atoms with Crippen molar-refractivity contribution >= 4 is 17.5 Å². The Morgan fingerprint density at radius 3 is 2.35 bits per heavy atom. The molecule has 0 amide bonds. The van der Waals surface area contributed by atoms with Crippen molar-refractivity contribution in [3.8, 4) is 0 Å². The van der Waals surface area contributed by atoms with Gasteiger partial charge in [0.2, 0.25) is 0 Å². The molecule has 2 aromatic rings. The molecule has 4 heteroatoms. The fourth-order valence-corrected chi connectivity index (χ4v) is 3.84. The SMILES string of the molecule is COC(=O)C(C)(c1cccc(C(=O)c2ccccc2)c1)C1CCCC1=O. The van der Waals surface area contributed by atoms with Crippen LogP contribution in [0.1, 0.15) is 47.7 Å². The molecule has 0 aromatic heterocycles. The summed E-state index contributed by atoms with van der Waals surface area (Å²) in [5.74, 6) is -0.894. The maximum Gasteiger partial charge on any atom is 0.316 e. The van der Waals surface area contributed by atoms with Gasteiger partial charge < -0.3 is 4.74 Å². The van der Waals surface area contributed by atoms with Crippen LogP contribution < -0.4 is 0 Å². The minimum atomic E-state index is -1.09. The first-order valence-electron chi connectivity index (χ1n) is 8.80. The van der Waals surface area contributed by atoms with Gasteiger partial charge in [0.05, 0.1) is 12.5 Å². The lowest BCUT2D eigenvalue weighted by molar-refractivity contribution is -0.151. The van der Waals surface area contributed by atoms with Crippen molar-refractivity contribution in [3.63, 3.8) is 0 Å². The van der Waals surface area contributed by atoms with E-state index in [1.165, 1.54) is 7.11 Å². The van der Waals surface area contributed by atoms with E-state index in [0.29, 0.717) is 29.5 Å². The monoisotopic (exact) mass is 350 g/mol. The van der Waals surface area contributed by atoms with Gasteiger partial charge in [-0.15, -0.1) is 0 Å². The van der Waals surface area contributed by atoms with Crippen LogP contribution in [0.2, 0.25) is 0 Å². The minimum Gasteiger partial charge on any atom is -0.468 e. The van der Waals surface area contributed by atoms with Gasteiger partial charge in [0, 0.05) is 23.5 Å². The summed E-state index contributed by atoms with van der Waals surface area (Å²) in [6.07, 6.45) is 1.92. The second kappa shape index (κ2) is 7.24. The van der Waals surface area contributed by atoms with E-state index in [9.17, 15) is 14.4 Å². The number of hydrogen-bond donors (Lipinski definition) is 0. The molecule has 0 heterocycles. The minimum absolute atomic E-state index is 0.0812. The zero-order chi connectivity index (χ0) is 18.7. The zero-order valence-electron chi connectivity index (χ0n) is 15.0. The first kappa shape index (κ1) is 18.1. The largest absolute Gasteiger partial charge is 0.468 e. The Hall–Kier alpha value is -2.75. The van der Waals surface area contributed by atoms with Crippen LogP contribution in [0.5, 0.6) is 0 Å². The average Bonchev–Trinajstić information content (AvgIpc) is 3.13. The number of esters is 1. The Labute approximate surface area is 153 Å². The van der Waals surface area contributed by atoms with Crippen LogP contribution in [-0.4, -0.2) is 24.6 Å². The lowest BCUT2D eigenvalue weighted by atomic mass is 9.70. The van der Waals surface area contributed by atoms with Crippen molar-refractivity contribution < 1.29 is 19.1 Å². The Kier molecular flexibility index (Phi) is 5.03. The standard InChI is InChI=1S/C22H22O4/c1-22(21(25)26-2,18-12-7-13-19(18)23)17-11-6-10-16(14-17)20(24)15-8-4-3-5-9-15/h3-6,8-11,14,18H,7,12-13H2,1-2H3. The molecule has 0 bridgehead atoms. The number of methoxy groups -OCH3 is 1. The highest BCUT2D eigenvalue weighted by atomic mass is 16.5. The Bertz CT molecular complexity index is 840. The van der Waals surface area contributed by atoms with E-state index in [1.54, 1.807) is 43.3 Å². The van der Waals surface area contributed by atoms with Crippen molar-refractivity contribution in [1.82, 2.24) is 0 Å². The average molecular weight is 350 g/mol. The zero-order valence-corrected chi connectivity index (χ0v) is 15.0. The molecule has 3 rings (SSSR count). The number of ketones is 2. The molecule has 1 saturated carbocycles. The number of rotatable bonds is 5. The van der Waals surface area contributed by atoms with Gasteiger partial charge in [-0.25, -0.2) is 0 Å². The first-order chi connectivity index (χ1) is 12.5. The summed E-state index contributed by atoms with van der Waals surface area (Å²) in [5, 5.41) is 0. The number of ether oxygens (including phenoxy) is 1. The van der Waals surface area contributed by atoms with E-state index in [0.717, 1.165) is 6.42 Å².